The summed E-state index contributed by atoms with van der Waals surface area (Å²) < 4.78 is 18.8. The van der Waals surface area contributed by atoms with Gasteiger partial charge in [-0.1, -0.05) is 32.0 Å². The van der Waals surface area contributed by atoms with Gasteiger partial charge in [-0.2, -0.15) is 0 Å². The predicted molar refractivity (Wildman–Crippen MR) is 77.6 cm³/mol. The molecule has 0 saturated heterocycles. The SMILES string of the molecule is CC(C)CNCCCCCOCc1ccccc1F. The third-order valence-corrected chi connectivity index (χ3v) is 2.91. The molecule has 0 heterocycles. The second-order valence-electron chi connectivity index (χ2n) is 5.30. The number of hydrogen-bond donors (Lipinski definition) is 1. The Morgan fingerprint density at radius 1 is 1.16 bits per heavy atom. The largest absolute Gasteiger partial charge is 0.377 e. The topological polar surface area (TPSA) is 21.3 Å². The number of benzene rings is 1. The maximum atomic E-state index is 13.3. The lowest BCUT2D eigenvalue weighted by molar-refractivity contribution is 0.114. The molecule has 0 spiro atoms. The van der Waals surface area contributed by atoms with Crippen LogP contribution in [0.2, 0.25) is 0 Å². The number of nitrogens with one attached hydrogen (secondary N) is 1. The van der Waals surface area contributed by atoms with E-state index in [4.69, 9.17) is 4.74 Å². The van der Waals surface area contributed by atoms with Crippen molar-refractivity contribution in [3.05, 3.63) is 35.6 Å². The van der Waals surface area contributed by atoms with Crippen LogP contribution in [-0.4, -0.2) is 19.7 Å². The third-order valence-electron chi connectivity index (χ3n) is 2.91. The molecule has 0 unspecified atom stereocenters. The fourth-order valence-corrected chi connectivity index (χ4v) is 1.82. The lowest BCUT2D eigenvalue weighted by Crippen LogP contribution is -2.20. The first-order chi connectivity index (χ1) is 9.20. The minimum Gasteiger partial charge on any atom is -0.377 e. The van der Waals surface area contributed by atoms with Gasteiger partial charge in [0.05, 0.1) is 6.61 Å². The van der Waals surface area contributed by atoms with Crippen molar-refractivity contribution < 1.29 is 9.13 Å². The van der Waals surface area contributed by atoms with E-state index in [2.05, 4.69) is 19.2 Å². The maximum Gasteiger partial charge on any atom is 0.128 e. The number of halogens is 1. The van der Waals surface area contributed by atoms with Crippen molar-refractivity contribution in [2.45, 2.75) is 39.7 Å². The van der Waals surface area contributed by atoms with Gasteiger partial charge in [0.15, 0.2) is 0 Å². The van der Waals surface area contributed by atoms with E-state index in [9.17, 15) is 4.39 Å². The van der Waals surface area contributed by atoms with Crippen molar-refractivity contribution >= 4 is 0 Å². The summed E-state index contributed by atoms with van der Waals surface area (Å²) in [4.78, 5) is 0. The van der Waals surface area contributed by atoms with Gasteiger partial charge < -0.3 is 10.1 Å². The van der Waals surface area contributed by atoms with Gasteiger partial charge in [0.25, 0.3) is 0 Å². The first-order valence-corrected chi connectivity index (χ1v) is 7.22. The Labute approximate surface area is 116 Å². The van der Waals surface area contributed by atoms with E-state index in [1.165, 1.54) is 12.5 Å². The summed E-state index contributed by atoms with van der Waals surface area (Å²) in [5.41, 5.74) is 0.640. The highest BCUT2D eigenvalue weighted by atomic mass is 19.1. The summed E-state index contributed by atoms with van der Waals surface area (Å²) in [6, 6.07) is 6.77. The molecule has 0 radical (unpaired) electrons. The average molecular weight is 267 g/mol. The summed E-state index contributed by atoms with van der Waals surface area (Å²) in [7, 11) is 0. The molecule has 1 aromatic rings. The Morgan fingerprint density at radius 2 is 1.95 bits per heavy atom. The molecule has 0 saturated carbocycles. The van der Waals surface area contributed by atoms with Gasteiger partial charge >= 0.3 is 0 Å². The molecule has 0 aliphatic heterocycles. The van der Waals surface area contributed by atoms with E-state index in [1.807, 2.05) is 6.07 Å². The maximum absolute atomic E-state index is 13.3. The summed E-state index contributed by atoms with van der Waals surface area (Å²) in [6.07, 6.45) is 3.37. The van der Waals surface area contributed by atoms with Crippen molar-refractivity contribution in [2.24, 2.45) is 5.92 Å². The van der Waals surface area contributed by atoms with Gasteiger partial charge in [0.1, 0.15) is 5.82 Å². The Bertz CT molecular complexity index is 341. The summed E-state index contributed by atoms with van der Waals surface area (Å²) in [5, 5.41) is 3.42. The van der Waals surface area contributed by atoms with Crippen LogP contribution in [0.1, 0.15) is 38.7 Å². The average Bonchev–Trinajstić information content (AvgIpc) is 2.38. The van der Waals surface area contributed by atoms with E-state index in [0.717, 1.165) is 25.9 Å². The van der Waals surface area contributed by atoms with Gasteiger partial charge in [-0.05, 0) is 44.3 Å². The molecule has 0 amide bonds. The monoisotopic (exact) mass is 267 g/mol. The second kappa shape index (κ2) is 9.93. The third kappa shape index (κ3) is 7.96. The fourth-order valence-electron chi connectivity index (χ4n) is 1.82. The molecular weight excluding hydrogens is 241 g/mol. The standard InChI is InChI=1S/C16H26FNO/c1-14(2)12-18-10-6-3-7-11-19-13-15-8-4-5-9-16(15)17/h4-5,8-9,14,18H,3,6-7,10-13H2,1-2H3. The highest BCUT2D eigenvalue weighted by Crippen LogP contribution is 2.08. The van der Waals surface area contributed by atoms with Gasteiger partial charge in [-0.3, -0.25) is 0 Å². The van der Waals surface area contributed by atoms with Crippen molar-refractivity contribution in [3.63, 3.8) is 0 Å². The molecule has 19 heavy (non-hydrogen) atoms. The molecule has 0 atom stereocenters. The fraction of sp³-hybridized carbons (Fsp3) is 0.625. The molecule has 108 valence electrons. The van der Waals surface area contributed by atoms with Crippen LogP contribution in [0.3, 0.4) is 0 Å². The molecular formula is C16H26FNO. The summed E-state index contributed by atoms with van der Waals surface area (Å²) >= 11 is 0. The minimum atomic E-state index is -0.180. The van der Waals surface area contributed by atoms with Crippen molar-refractivity contribution in [3.8, 4) is 0 Å². The van der Waals surface area contributed by atoms with Gasteiger partial charge in [-0.25, -0.2) is 4.39 Å². The molecule has 1 rings (SSSR count). The van der Waals surface area contributed by atoms with Crippen molar-refractivity contribution in [2.75, 3.05) is 19.7 Å². The molecule has 0 aromatic heterocycles. The molecule has 0 bridgehead atoms. The zero-order chi connectivity index (χ0) is 13.9. The molecule has 1 N–H and O–H groups in total. The number of ether oxygens (including phenoxy) is 1. The Hall–Kier alpha value is -0.930. The molecule has 0 fully saturated rings. The first kappa shape index (κ1) is 16.1. The summed E-state index contributed by atoms with van der Waals surface area (Å²) in [6.45, 7) is 7.67. The van der Waals surface area contributed by atoms with E-state index in [0.29, 0.717) is 24.7 Å². The van der Waals surface area contributed by atoms with Gasteiger partial charge in [-0.15, -0.1) is 0 Å². The van der Waals surface area contributed by atoms with Crippen LogP contribution in [-0.2, 0) is 11.3 Å². The smallest absolute Gasteiger partial charge is 0.128 e. The highest BCUT2D eigenvalue weighted by molar-refractivity contribution is 5.16. The Balaban J connectivity index is 1.93. The van der Waals surface area contributed by atoms with E-state index >= 15 is 0 Å². The zero-order valence-corrected chi connectivity index (χ0v) is 12.1. The Kier molecular flexibility index (Phi) is 8.43. The van der Waals surface area contributed by atoms with Crippen LogP contribution in [0.5, 0.6) is 0 Å². The van der Waals surface area contributed by atoms with Crippen molar-refractivity contribution in [1.29, 1.82) is 0 Å². The van der Waals surface area contributed by atoms with Crippen LogP contribution < -0.4 is 5.32 Å². The van der Waals surface area contributed by atoms with E-state index in [1.54, 1.807) is 12.1 Å². The Morgan fingerprint density at radius 3 is 2.68 bits per heavy atom. The zero-order valence-electron chi connectivity index (χ0n) is 12.1. The van der Waals surface area contributed by atoms with Crippen LogP contribution in [0, 0.1) is 11.7 Å². The van der Waals surface area contributed by atoms with Crippen LogP contribution in [0.25, 0.3) is 0 Å². The van der Waals surface area contributed by atoms with Gasteiger partial charge in [0.2, 0.25) is 0 Å². The molecule has 1 aromatic carbocycles. The van der Waals surface area contributed by atoms with Crippen LogP contribution in [0.4, 0.5) is 4.39 Å². The van der Waals surface area contributed by atoms with Gasteiger partial charge in [0, 0.05) is 12.2 Å². The number of hydrogen-bond acceptors (Lipinski definition) is 2. The second-order valence-corrected chi connectivity index (χ2v) is 5.30. The quantitative estimate of drug-likeness (QED) is 0.652. The molecule has 2 nitrogen and oxygen atoms in total. The molecule has 0 aliphatic carbocycles. The molecule has 0 aliphatic rings. The van der Waals surface area contributed by atoms with Crippen LogP contribution >= 0.6 is 0 Å². The summed E-state index contributed by atoms with van der Waals surface area (Å²) in [5.74, 6) is 0.532. The van der Waals surface area contributed by atoms with Crippen molar-refractivity contribution in [1.82, 2.24) is 5.32 Å². The number of rotatable bonds is 10. The molecule has 3 heteroatoms. The lowest BCUT2D eigenvalue weighted by Gasteiger charge is -2.07. The number of unbranched alkanes of at least 4 members (excludes halogenated alkanes) is 2. The van der Waals surface area contributed by atoms with E-state index in [-0.39, 0.29) is 5.82 Å². The highest BCUT2D eigenvalue weighted by Gasteiger charge is 2.00. The predicted octanol–water partition coefficient (Wildman–Crippen LogP) is 3.76. The first-order valence-electron chi connectivity index (χ1n) is 7.22. The normalized spacial score (nSPS) is 11.2. The van der Waals surface area contributed by atoms with E-state index < -0.39 is 0 Å². The lowest BCUT2D eigenvalue weighted by atomic mass is 10.2. The van der Waals surface area contributed by atoms with Crippen LogP contribution in [0.15, 0.2) is 24.3 Å². The minimum absolute atomic E-state index is 0.180.